The molecule has 0 N–H and O–H groups in total. The minimum atomic E-state index is -3.40. The van der Waals surface area contributed by atoms with Crippen molar-refractivity contribution >= 4 is 9.84 Å². The van der Waals surface area contributed by atoms with Crippen LogP contribution < -0.4 is 9.47 Å². The van der Waals surface area contributed by atoms with Crippen LogP contribution in [0.3, 0.4) is 0 Å². The fourth-order valence-corrected chi connectivity index (χ4v) is 5.58. The minimum absolute atomic E-state index is 0.110. The van der Waals surface area contributed by atoms with Crippen LogP contribution in [-0.2, 0) is 20.7 Å². The molecule has 0 spiro atoms. The summed E-state index contributed by atoms with van der Waals surface area (Å²) in [5.41, 5.74) is 3.48. The number of hydrogen-bond acceptors (Lipinski definition) is 4. The van der Waals surface area contributed by atoms with E-state index in [1.807, 2.05) is 36.4 Å². The van der Waals surface area contributed by atoms with E-state index in [1.54, 1.807) is 45.0 Å². The molecule has 0 heterocycles. The van der Waals surface area contributed by atoms with E-state index < -0.39 is 14.6 Å². The van der Waals surface area contributed by atoms with Gasteiger partial charge in [0.05, 0.1) is 9.64 Å². The predicted octanol–water partition coefficient (Wildman–Crippen LogP) is 9.47. The molecule has 40 heavy (non-hydrogen) atoms. The van der Waals surface area contributed by atoms with Crippen molar-refractivity contribution in [1.29, 1.82) is 0 Å². The zero-order valence-electron chi connectivity index (χ0n) is 24.8. The highest BCUT2D eigenvalue weighted by Crippen LogP contribution is 2.35. The molecule has 0 unspecified atom stereocenters. The minimum Gasteiger partial charge on any atom is -0.457 e. The Bertz CT molecular complexity index is 1530. The second-order valence-corrected chi connectivity index (χ2v) is 15.4. The quantitative estimate of drug-likeness (QED) is 0.227. The molecule has 0 saturated heterocycles. The van der Waals surface area contributed by atoms with E-state index in [9.17, 15) is 8.42 Å². The fourth-order valence-electron chi connectivity index (χ4n) is 4.38. The summed E-state index contributed by atoms with van der Waals surface area (Å²) < 4.78 is 36.6. The molecule has 4 aromatic rings. The topological polar surface area (TPSA) is 52.6 Å². The first-order valence-electron chi connectivity index (χ1n) is 13.6. The molecule has 4 rings (SSSR count). The lowest BCUT2D eigenvalue weighted by molar-refractivity contribution is 0.480. The van der Waals surface area contributed by atoms with Gasteiger partial charge in [0, 0.05) is 5.41 Å². The summed E-state index contributed by atoms with van der Waals surface area (Å²) in [6.45, 7) is 16.1. The predicted molar refractivity (Wildman–Crippen MR) is 164 cm³/mol. The zero-order chi connectivity index (χ0) is 29.3. The smallest absolute Gasteiger partial charge is 0.183 e. The molecule has 0 amide bonds. The van der Waals surface area contributed by atoms with Gasteiger partial charge in [-0.15, -0.1) is 0 Å². The molecule has 0 atom stereocenters. The zero-order valence-corrected chi connectivity index (χ0v) is 25.6. The van der Waals surface area contributed by atoms with Crippen molar-refractivity contribution in [1.82, 2.24) is 0 Å². The lowest BCUT2D eigenvalue weighted by Gasteiger charge is -2.26. The van der Waals surface area contributed by atoms with Gasteiger partial charge in [0.15, 0.2) is 9.84 Å². The molecule has 0 bridgehead atoms. The molecule has 210 valence electrons. The Hall–Kier alpha value is -3.57. The standard InChI is InChI=1S/C35H40O4S/c1-33(2,3)25-9-15-28(16-10-25)38-29-17-11-26(12-18-29)35(7,8)27-13-19-30(20-14-27)39-31-21-23-32(24-22-31)40(36,37)34(4,5)6/h9-24H,1-8H3. The molecular formula is C35H40O4S. The van der Waals surface area contributed by atoms with E-state index >= 15 is 0 Å². The SMILES string of the molecule is CC(C)(C)c1ccc(Oc2ccc(C(C)(C)c3ccc(Oc4ccc(S(=O)(=O)C(C)(C)C)cc4)cc3)cc2)cc1. The summed E-state index contributed by atoms with van der Waals surface area (Å²) >= 11 is 0. The molecule has 0 aliphatic carbocycles. The third-order valence-corrected chi connectivity index (χ3v) is 9.79. The van der Waals surface area contributed by atoms with Crippen LogP contribution in [0.4, 0.5) is 0 Å². The third kappa shape index (κ3) is 6.42. The van der Waals surface area contributed by atoms with Crippen LogP contribution in [0.25, 0.3) is 0 Å². The van der Waals surface area contributed by atoms with Gasteiger partial charge < -0.3 is 9.47 Å². The van der Waals surface area contributed by atoms with Crippen LogP contribution in [-0.4, -0.2) is 13.2 Å². The second kappa shape index (κ2) is 10.8. The van der Waals surface area contributed by atoms with Gasteiger partial charge in [-0.05, 0) is 104 Å². The average molecular weight is 557 g/mol. The summed E-state index contributed by atoms with van der Waals surface area (Å²) in [7, 11) is -3.40. The first-order valence-corrected chi connectivity index (χ1v) is 15.1. The van der Waals surface area contributed by atoms with Crippen LogP contribution in [0.5, 0.6) is 23.0 Å². The van der Waals surface area contributed by atoms with Crippen molar-refractivity contribution in [3.63, 3.8) is 0 Å². The monoisotopic (exact) mass is 556 g/mol. The second-order valence-electron chi connectivity index (χ2n) is 12.7. The van der Waals surface area contributed by atoms with E-state index in [0.717, 1.165) is 17.1 Å². The summed E-state index contributed by atoms with van der Waals surface area (Å²) in [5, 5.41) is 0. The molecule has 0 fully saturated rings. The lowest BCUT2D eigenvalue weighted by Crippen LogP contribution is -2.27. The van der Waals surface area contributed by atoms with Gasteiger partial charge in [-0.3, -0.25) is 0 Å². The maximum absolute atomic E-state index is 12.7. The fraction of sp³-hybridized carbons (Fsp3) is 0.314. The number of benzene rings is 4. The Morgan fingerprint density at radius 3 is 1.05 bits per heavy atom. The van der Waals surface area contributed by atoms with Gasteiger partial charge in [-0.2, -0.15) is 0 Å². The van der Waals surface area contributed by atoms with E-state index in [4.69, 9.17) is 9.47 Å². The molecule has 0 saturated carbocycles. The number of hydrogen-bond donors (Lipinski definition) is 0. The molecule has 0 aliphatic heterocycles. The van der Waals surface area contributed by atoms with Gasteiger partial charge in [-0.1, -0.05) is 71.0 Å². The highest BCUT2D eigenvalue weighted by atomic mass is 32.2. The normalized spacial score (nSPS) is 12.7. The van der Waals surface area contributed by atoms with Gasteiger partial charge in [0.2, 0.25) is 0 Å². The Morgan fingerprint density at radius 2 is 0.750 bits per heavy atom. The molecule has 5 heteroatoms. The van der Waals surface area contributed by atoms with Crippen molar-refractivity contribution in [2.24, 2.45) is 0 Å². The van der Waals surface area contributed by atoms with E-state index in [-0.39, 0.29) is 10.8 Å². The van der Waals surface area contributed by atoms with Crippen molar-refractivity contribution in [3.05, 3.63) is 114 Å². The highest BCUT2D eigenvalue weighted by molar-refractivity contribution is 7.92. The molecular weight excluding hydrogens is 516 g/mol. The van der Waals surface area contributed by atoms with Crippen molar-refractivity contribution in [3.8, 4) is 23.0 Å². The molecule has 0 aliphatic rings. The van der Waals surface area contributed by atoms with Gasteiger partial charge in [0.25, 0.3) is 0 Å². The van der Waals surface area contributed by atoms with Crippen LogP contribution in [0.15, 0.2) is 102 Å². The summed E-state index contributed by atoms with van der Waals surface area (Å²) in [6, 6.07) is 31.1. The molecule has 0 aromatic heterocycles. The summed E-state index contributed by atoms with van der Waals surface area (Å²) in [4.78, 5) is 0.291. The Morgan fingerprint density at radius 1 is 0.450 bits per heavy atom. The first-order chi connectivity index (χ1) is 18.6. The number of sulfone groups is 1. The van der Waals surface area contributed by atoms with Gasteiger partial charge in [0.1, 0.15) is 23.0 Å². The van der Waals surface area contributed by atoms with E-state index in [2.05, 4.69) is 71.0 Å². The summed E-state index contributed by atoms with van der Waals surface area (Å²) in [6.07, 6.45) is 0. The summed E-state index contributed by atoms with van der Waals surface area (Å²) in [5.74, 6) is 2.89. The van der Waals surface area contributed by atoms with E-state index in [0.29, 0.717) is 16.4 Å². The molecule has 4 aromatic carbocycles. The van der Waals surface area contributed by atoms with Crippen LogP contribution in [0.1, 0.15) is 72.1 Å². The maximum Gasteiger partial charge on any atom is 0.183 e. The third-order valence-electron chi connectivity index (χ3n) is 7.28. The maximum atomic E-state index is 12.7. The highest BCUT2D eigenvalue weighted by Gasteiger charge is 2.30. The van der Waals surface area contributed by atoms with Gasteiger partial charge in [-0.25, -0.2) is 8.42 Å². The van der Waals surface area contributed by atoms with Crippen LogP contribution in [0.2, 0.25) is 0 Å². The number of ether oxygens (including phenoxy) is 2. The van der Waals surface area contributed by atoms with E-state index in [1.165, 1.54) is 11.1 Å². The number of rotatable bonds is 7. The first kappa shape index (κ1) is 29.4. The Kier molecular flexibility index (Phi) is 7.92. The van der Waals surface area contributed by atoms with Crippen molar-refractivity contribution in [2.75, 3.05) is 0 Å². The van der Waals surface area contributed by atoms with Crippen molar-refractivity contribution in [2.45, 2.75) is 75.9 Å². The molecule has 4 nitrogen and oxygen atoms in total. The largest absolute Gasteiger partial charge is 0.457 e. The van der Waals surface area contributed by atoms with Crippen LogP contribution >= 0.6 is 0 Å². The Balaban J connectivity index is 1.42. The van der Waals surface area contributed by atoms with Crippen molar-refractivity contribution < 1.29 is 17.9 Å². The average Bonchev–Trinajstić information content (AvgIpc) is 2.89. The lowest BCUT2D eigenvalue weighted by atomic mass is 9.78. The van der Waals surface area contributed by atoms with Gasteiger partial charge >= 0.3 is 0 Å². The molecule has 0 radical (unpaired) electrons. The van der Waals surface area contributed by atoms with Crippen LogP contribution in [0, 0.1) is 0 Å². The Labute approximate surface area is 239 Å².